The number of nitrogens with zero attached hydrogens (tertiary/aromatic N) is 3. The van der Waals surface area contributed by atoms with Crippen LogP contribution >= 0.6 is 11.3 Å². The summed E-state index contributed by atoms with van der Waals surface area (Å²) in [6.45, 7) is 0.724. The van der Waals surface area contributed by atoms with E-state index in [1.54, 1.807) is 23.5 Å². The maximum Gasteiger partial charge on any atom is 0.255 e. The zero-order chi connectivity index (χ0) is 25.2. The van der Waals surface area contributed by atoms with Crippen molar-refractivity contribution in [3.05, 3.63) is 108 Å². The van der Waals surface area contributed by atoms with Crippen LogP contribution in [-0.4, -0.2) is 25.9 Å². The lowest BCUT2D eigenvalue weighted by Gasteiger charge is -2.10. The van der Waals surface area contributed by atoms with Gasteiger partial charge in [-0.25, -0.2) is 0 Å². The number of rotatable bonds is 7. The third-order valence-electron chi connectivity index (χ3n) is 6.37. The predicted octanol–water partition coefficient (Wildman–Crippen LogP) is 6.23. The first-order chi connectivity index (χ1) is 18.1. The van der Waals surface area contributed by atoms with Gasteiger partial charge in [0.2, 0.25) is 0 Å². The number of para-hydroxylation sites is 1. The molecule has 1 amide bonds. The van der Waals surface area contributed by atoms with Crippen molar-refractivity contribution in [3.8, 4) is 21.7 Å². The van der Waals surface area contributed by atoms with Gasteiger partial charge in [-0.15, -0.1) is 16.4 Å². The number of benzene rings is 3. The second-order valence-corrected chi connectivity index (χ2v) is 9.73. The van der Waals surface area contributed by atoms with Crippen LogP contribution in [0.5, 0.6) is 0 Å². The van der Waals surface area contributed by atoms with Crippen molar-refractivity contribution >= 4 is 39.5 Å². The largest absolute Gasteiger partial charge is 0.397 e. The van der Waals surface area contributed by atoms with Crippen molar-refractivity contribution in [1.82, 2.24) is 20.0 Å². The van der Waals surface area contributed by atoms with Crippen LogP contribution < -0.4 is 11.1 Å². The lowest BCUT2D eigenvalue weighted by Crippen LogP contribution is -2.13. The summed E-state index contributed by atoms with van der Waals surface area (Å²) in [4.78, 5) is 17.3. The van der Waals surface area contributed by atoms with Crippen LogP contribution in [0.4, 0.5) is 11.4 Å². The zero-order valence-corrected chi connectivity index (χ0v) is 20.7. The molecule has 7 nitrogen and oxygen atoms in total. The number of aryl methyl sites for hydroxylation is 2. The van der Waals surface area contributed by atoms with Crippen molar-refractivity contribution in [3.63, 3.8) is 0 Å². The fourth-order valence-electron chi connectivity index (χ4n) is 4.36. The predicted molar refractivity (Wildman–Crippen MR) is 150 cm³/mol. The second-order valence-electron chi connectivity index (χ2n) is 8.79. The van der Waals surface area contributed by atoms with Crippen molar-refractivity contribution in [1.29, 1.82) is 0 Å². The fourth-order valence-corrected chi connectivity index (χ4v) is 5.08. The maximum absolute atomic E-state index is 12.9. The molecule has 8 heteroatoms. The zero-order valence-electron chi connectivity index (χ0n) is 19.9. The molecule has 6 aromatic rings. The number of hydrogen-bond acceptors (Lipinski definition) is 5. The van der Waals surface area contributed by atoms with Crippen LogP contribution in [0, 0.1) is 0 Å². The number of anilines is 2. The summed E-state index contributed by atoms with van der Waals surface area (Å²) in [5, 5.41) is 14.8. The van der Waals surface area contributed by atoms with Gasteiger partial charge in [-0.1, -0.05) is 47.7 Å². The maximum atomic E-state index is 12.9. The number of aromatic nitrogens is 4. The van der Waals surface area contributed by atoms with Crippen LogP contribution in [0.1, 0.15) is 15.9 Å². The van der Waals surface area contributed by atoms with Crippen LogP contribution in [0.3, 0.4) is 0 Å². The Hall–Kier alpha value is -4.69. The molecule has 3 aromatic heterocycles. The van der Waals surface area contributed by atoms with E-state index in [1.807, 2.05) is 70.9 Å². The van der Waals surface area contributed by atoms with E-state index in [0.29, 0.717) is 16.9 Å². The molecule has 0 radical (unpaired) electrons. The topological polar surface area (TPSA) is 102 Å². The van der Waals surface area contributed by atoms with Gasteiger partial charge >= 0.3 is 0 Å². The van der Waals surface area contributed by atoms with E-state index in [0.717, 1.165) is 40.2 Å². The summed E-state index contributed by atoms with van der Waals surface area (Å²) >= 11 is 1.64. The van der Waals surface area contributed by atoms with E-state index in [-0.39, 0.29) is 5.91 Å². The quantitative estimate of drug-likeness (QED) is 0.224. The highest BCUT2D eigenvalue weighted by Crippen LogP contribution is 2.30. The Morgan fingerprint density at radius 2 is 1.84 bits per heavy atom. The second kappa shape index (κ2) is 9.75. The molecule has 37 heavy (non-hydrogen) atoms. The normalized spacial score (nSPS) is 11.1. The SMILES string of the molecule is Nc1ccc(-c2cccs2)cc1NC(=O)c1ccc(-c2cn(CCc3c[nH]c4ccccc34)nn2)cc1. The summed E-state index contributed by atoms with van der Waals surface area (Å²) in [6, 6.07) is 25.3. The van der Waals surface area contributed by atoms with Crippen LogP contribution in [0.25, 0.3) is 32.6 Å². The van der Waals surface area contributed by atoms with Gasteiger partial charge in [-0.05, 0) is 59.3 Å². The van der Waals surface area contributed by atoms with Gasteiger partial charge in [-0.2, -0.15) is 0 Å². The van der Waals surface area contributed by atoms with Gasteiger partial charge in [-0.3, -0.25) is 9.48 Å². The fraction of sp³-hybridized carbons (Fsp3) is 0.0690. The third kappa shape index (κ3) is 4.74. The molecule has 0 saturated carbocycles. The molecule has 4 N–H and O–H groups in total. The number of nitrogens with one attached hydrogen (secondary N) is 2. The number of thiophene rings is 1. The lowest BCUT2D eigenvalue weighted by atomic mass is 10.1. The minimum absolute atomic E-state index is 0.219. The van der Waals surface area contributed by atoms with Gasteiger partial charge in [0, 0.05) is 39.6 Å². The van der Waals surface area contributed by atoms with Crippen molar-refractivity contribution in [2.75, 3.05) is 11.1 Å². The summed E-state index contributed by atoms with van der Waals surface area (Å²) in [5.41, 5.74) is 12.8. The number of H-pyrrole nitrogens is 1. The van der Waals surface area contributed by atoms with E-state index in [9.17, 15) is 4.79 Å². The number of nitrogens with two attached hydrogens (primary N) is 1. The minimum Gasteiger partial charge on any atom is -0.397 e. The smallest absolute Gasteiger partial charge is 0.255 e. The molecular formula is C29H24N6OS. The van der Waals surface area contributed by atoms with Gasteiger partial charge in [0.25, 0.3) is 5.91 Å². The van der Waals surface area contributed by atoms with E-state index in [4.69, 9.17) is 5.73 Å². The van der Waals surface area contributed by atoms with E-state index in [2.05, 4.69) is 38.9 Å². The number of fused-ring (bicyclic) bond motifs is 1. The Kier molecular flexibility index (Phi) is 6.00. The number of carbonyl (C=O) groups is 1. The Morgan fingerprint density at radius 1 is 1.00 bits per heavy atom. The van der Waals surface area contributed by atoms with Crippen molar-refractivity contribution in [2.24, 2.45) is 0 Å². The number of aromatic amines is 1. The van der Waals surface area contributed by atoms with Gasteiger partial charge in [0.05, 0.1) is 17.6 Å². The number of nitrogen functional groups attached to an aromatic ring is 1. The molecule has 3 heterocycles. The molecule has 0 unspecified atom stereocenters. The van der Waals surface area contributed by atoms with E-state index < -0.39 is 0 Å². The van der Waals surface area contributed by atoms with Gasteiger partial charge < -0.3 is 16.0 Å². The lowest BCUT2D eigenvalue weighted by molar-refractivity contribution is 0.102. The minimum atomic E-state index is -0.219. The molecular weight excluding hydrogens is 480 g/mol. The Bertz CT molecular complexity index is 1680. The first-order valence-corrected chi connectivity index (χ1v) is 12.8. The highest BCUT2D eigenvalue weighted by molar-refractivity contribution is 7.13. The average Bonchev–Trinajstić information content (AvgIpc) is 3.70. The van der Waals surface area contributed by atoms with E-state index >= 15 is 0 Å². The molecule has 0 aliphatic rings. The van der Waals surface area contributed by atoms with Crippen molar-refractivity contribution in [2.45, 2.75) is 13.0 Å². The first kappa shape index (κ1) is 22.8. The molecule has 0 aliphatic carbocycles. The monoisotopic (exact) mass is 504 g/mol. The van der Waals surface area contributed by atoms with Gasteiger partial charge in [0.1, 0.15) is 5.69 Å². The van der Waals surface area contributed by atoms with Crippen LogP contribution in [0.2, 0.25) is 0 Å². The Morgan fingerprint density at radius 3 is 2.68 bits per heavy atom. The molecule has 182 valence electrons. The van der Waals surface area contributed by atoms with E-state index in [1.165, 1.54) is 10.9 Å². The number of carbonyl (C=O) groups excluding carboxylic acids is 1. The average molecular weight is 505 g/mol. The standard InChI is InChI=1S/C29H24N6OS/c30-24-12-11-21(28-6-3-15-37-28)16-26(24)32-29(36)20-9-7-19(8-10-20)27-18-35(34-33-27)14-13-22-17-31-25-5-2-1-4-23(22)25/h1-12,15-18,31H,13-14,30H2,(H,32,36). The molecule has 6 rings (SSSR count). The van der Waals surface area contributed by atoms with Crippen molar-refractivity contribution < 1.29 is 4.79 Å². The summed E-state index contributed by atoms with van der Waals surface area (Å²) in [6.07, 6.45) is 4.84. The molecule has 0 fully saturated rings. The summed E-state index contributed by atoms with van der Waals surface area (Å²) < 4.78 is 1.85. The molecule has 0 saturated heterocycles. The third-order valence-corrected chi connectivity index (χ3v) is 7.29. The molecule has 0 bridgehead atoms. The van der Waals surface area contributed by atoms with Crippen LogP contribution in [-0.2, 0) is 13.0 Å². The summed E-state index contributed by atoms with van der Waals surface area (Å²) in [5.74, 6) is -0.219. The first-order valence-electron chi connectivity index (χ1n) is 11.9. The molecule has 3 aromatic carbocycles. The Balaban J connectivity index is 1.12. The molecule has 0 spiro atoms. The number of amides is 1. The van der Waals surface area contributed by atoms with Crippen LogP contribution in [0.15, 0.2) is 96.6 Å². The summed E-state index contributed by atoms with van der Waals surface area (Å²) in [7, 11) is 0. The molecule has 0 atom stereocenters. The highest BCUT2D eigenvalue weighted by atomic mass is 32.1. The Labute approximate surface area is 217 Å². The highest BCUT2D eigenvalue weighted by Gasteiger charge is 2.12. The molecule has 0 aliphatic heterocycles. The van der Waals surface area contributed by atoms with Gasteiger partial charge in [0.15, 0.2) is 0 Å². The number of hydrogen-bond donors (Lipinski definition) is 3.